The predicted molar refractivity (Wildman–Crippen MR) is 139 cm³/mol. The van der Waals surface area contributed by atoms with E-state index in [1.54, 1.807) is 6.19 Å². The summed E-state index contributed by atoms with van der Waals surface area (Å²) in [5.41, 5.74) is 6.71. The van der Waals surface area contributed by atoms with Crippen molar-refractivity contribution in [2.24, 2.45) is 10.2 Å². The summed E-state index contributed by atoms with van der Waals surface area (Å²) in [6.07, 6.45) is 1.65. The number of anilines is 4. The Morgan fingerprint density at radius 1 is 1.10 bits per heavy atom. The van der Waals surface area contributed by atoms with Crippen LogP contribution in [0.25, 0.3) is 0 Å². The molecule has 0 atom stereocenters. The fourth-order valence-electron chi connectivity index (χ4n) is 2.72. The summed E-state index contributed by atoms with van der Waals surface area (Å²) in [5.74, 6) is -0.932. The molecule has 0 spiro atoms. The second-order valence-corrected chi connectivity index (χ2v) is 11.3. The third-order valence-electron chi connectivity index (χ3n) is 4.36. The maximum Gasteiger partial charge on any atom is 0.397 e. The van der Waals surface area contributed by atoms with Crippen molar-refractivity contribution >= 4 is 78.5 Å². The zero-order valence-corrected chi connectivity index (χ0v) is 22.7. The lowest BCUT2D eigenvalue weighted by atomic mass is 10.2. The highest BCUT2D eigenvalue weighted by molar-refractivity contribution is 7.94. The molecule has 22 heteroatoms. The number of benzene rings is 2. The third-order valence-corrected chi connectivity index (χ3v) is 7.35. The molecule has 1 heterocycles. The Balaban J connectivity index is 1.88. The van der Waals surface area contributed by atoms with Crippen molar-refractivity contribution in [3.63, 3.8) is 0 Å². The third kappa shape index (κ3) is 9.19. The largest absolute Gasteiger partial charge is 0.398 e. The quantitative estimate of drug-likeness (QED) is 0.0264. The number of azo groups is 1. The molecule has 0 aliphatic heterocycles. The number of nitrogen functional groups attached to an aromatic ring is 1. The van der Waals surface area contributed by atoms with E-state index in [1.807, 2.05) is 0 Å². The topological polar surface area (TPSA) is 274 Å². The van der Waals surface area contributed by atoms with Gasteiger partial charge in [0.2, 0.25) is 17.2 Å². The molecule has 18 nitrogen and oxygen atoms in total. The minimum Gasteiger partial charge on any atom is -0.398 e. The number of nitrogens with zero attached hydrogens (tertiary/aromatic N) is 6. The van der Waals surface area contributed by atoms with E-state index in [2.05, 4.69) is 49.4 Å². The molecule has 0 saturated carbocycles. The van der Waals surface area contributed by atoms with E-state index in [4.69, 9.17) is 32.4 Å². The zero-order valence-electron chi connectivity index (χ0n) is 19.5. The Morgan fingerprint density at radius 3 is 2.45 bits per heavy atom. The first-order valence-electron chi connectivity index (χ1n) is 10.2. The first-order valence-corrected chi connectivity index (χ1v) is 14.3. The van der Waals surface area contributed by atoms with E-state index in [0.717, 1.165) is 0 Å². The molecule has 1 aromatic heterocycles. The molecule has 0 bridgehead atoms. The van der Waals surface area contributed by atoms with Crippen LogP contribution in [0.4, 0.5) is 34.6 Å². The molecular weight excluding hydrogens is 618 g/mol. The monoisotopic (exact) mass is 633 g/mol. The second kappa shape index (κ2) is 13.6. The van der Waals surface area contributed by atoms with Gasteiger partial charge in [0.1, 0.15) is 5.69 Å². The smallest absolute Gasteiger partial charge is 0.397 e. The van der Waals surface area contributed by atoms with Gasteiger partial charge in [-0.1, -0.05) is 5.04 Å². The van der Waals surface area contributed by atoms with Crippen LogP contribution < -0.4 is 16.4 Å². The van der Waals surface area contributed by atoms with Gasteiger partial charge in [-0.15, -0.1) is 9.45 Å². The van der Waals surface area contributed by atoms with Gasteiger partial charge in [0.15, 0.2) is 16.0 Å². The van der Waals surface area contributed by atoms with Gasteiger partial charge in [-0.25, -0.2) is 17.9 Å². The minimum atomic E-state index is -4.78. The van der Waals surface area contributed by atoms with Gasteiger partial charge in [-0.2, -0.15) is 33.7 Å². The lowest BCUT2D eigenvalue weighted by Gasteiger charge is -2.11. The average Bonchev–Trinajstić information content (AvgIpc) is 2.87. The summed E-state index contributed by atoms with van der Waals surface area (Å²) in [6, 6.07) is 7.88. The lowest BCUT2D eigenvalue weighted by molar-refractivity contribution is -0.432. The van der Waals surface area contributed by atoms with Crippen molar-refractivity contribution < 1.29 is 40.2 Å². The van der Waals surface area contributed by atoms with Crippen LogP contribution in [0, 0.1) is 11.5 Å². The molecule has 0 aliphatic carbocycles. The van der Waals surface area contributed by atoms with Crippen LogP contribution in [-0.4, -0.2) is 54.0 Å². The van der Waals surface area contributed by atoms with Gasteiger partial charge in [0.05, 0.1) is 45.6 Å². The molecule has 40 heavy (non-hydrogen) atoms. The lowest BCUT2D eigenvalue weighted by Crippen LogP contribution is -2.15. The highest BCUT2D eigenvalue weighted by Crippen LogP contribution is 2.38. The van der Waals surface area contributed by atoms with Crippen molar-refractivity contribution in [1.29, 1.82) is 5.26 Å². The molecule has 0 fully saturated rings. The van der Waals surface area contributed by atoms with E-state index in [9.17, 15) is 16.8 Å². The van der Waals surface area contributed by atoms with E-state index in [1.165, 1.54) is 36.4 Å². The first kappa shape index (κ1) is 30.8. The normalized spacial score (nSPS) is 11.8. The van der Waals surface area contributed by atoms with Gasteiger partial charge < -0.3 is 11.1 Å². The summed E-state index contributed by atoms with van der Waals surface area (Å²) in [7, 11) is -8.72. The molecule has 212 valence electrons. The predicted octanol–water partition coefficient (Wildman–Crippen LogP) is 3.18. The van der Waals surface area contributed by atoms with Gasteiger partial charge in [0.25, 0.3) is 0 Å². The number of aromatic nitrogens is 3. The van der Waals surface area contributed by atoms with Crippen molar-refractivity contribution in [2.75, 3.05) is 28.7 Å². The minimum absolute atomic E-state index is 0.0866. The number of hydrogen-bond donors (Lipinski definition) is 5. The van der Waals surface area contributed by atoms with Crippen molar-refractivity contribution in [3.05, 3.63) is 41.7 Å². The molecule has 0 radical (unpaired) electrons. The number of nitrogens with two attached hydrogens (primary N) is 1. The Bertz CT molecular complexity index is 1650. The SMILES string of the molecule is N#CNc1nc(Cl)nc(Nc2cc(N)c(SOOO)cc2N=Nc2ccc(S(=O)(=O)CCOS(=O)(=O)O)cc2)n1. The fourth-order valence-corrected chi connectivity index (χ4v) is 4.79. The molecule has 3 aromatic rings. The molecular formula is C18H16ClN9O9S3. The average molecular weight is 634 g/mol. The number of halogens is 1. The summed E-state index contributed by atoms with van der Waals surface area (Å²) in [6.45, 7) is -0.776. The van der Waals surface area contributed by atoms with E-state index in [-0.39, 0.29) is 49.7 Å². The summed E-state index contributed by atoms with van der Waals surface area (Å²) >= 11 is 6.43. The second-order valence-electron chi connectivity index (χ2n) is 7.01. The fraction of sp³-hybridized carbons (Fsp3) is 0.111. The van der Waals surface area contributed by atoms with Gasteiger partial charge in [0, 0.05) is 5.69 Å². The number of hydrogen-bond acceptors (Lipinski definition) is 18. The van der Waals surface area contributed by atoms with Crippen LogP contribution in [0.1, 0.15) is 0 Å². The van der Waals surface area contributed by atoms with Crippen molar-refractivity contribution in [1.82, 2.24) is 15.0 Å². The van der Waals surface area contributed by atoms with E-state index >= 15 is 0 Å². The van der Waals surface area contributed by atoms with Crippen LogP contribution in [-0.2, 0) is 33.8 Å². The van der Waals surface area contributed by atoms with Crippen LogP contribution in [0.15, 0.2) is 56.4 Å². The Labute approximate surface area is 235 Å². The number of nitriles is 1. The molecule has 0 unspecified atom stereocenters. The van der Waals surface area contributed by atoms with Gasteiger partial charge in [-0.05, 0) is 48.0 Å². The Kier molecular flexibility index (Phi) is 10.5. The number of nitrogens with one attached hydrogen (secondary N) is 2. The van der Waals surface area contributed by atoms with Crippen LogP contribution in [0.2, 0.25) is 5.28 Å². The molecule has 0 saturated heterocycles. The molecule has 0 aliphatic rings. The molecule has 6 N–H and O–H groups in total. The van der Waals surface area contributed by atoms with Crippen LogP contribution in [0.3, 0.4) is 0 Å². The zero-order chi connectivity index (χ0) is 29.3. The van der Waals surface area contributed by atoms with Gasteiger partial charge in [-0.3, -0.25) is 9.87 Å². The Morgan fingerprint density at radius 2 is 1.80 bits per heavy atom. The summed E-state index contributed by atoms with van der Waals surface area (Å²) in [4.78, 5) is 11.7. The number of sulfone groups is 1. The Hall–Kier alpha value is -3.72. The van der Waals surface area contributed by atoms with E-state index in [0.29, 0.717) is 12.0 Å². The maximum absolute atomic E-state index is 12.4. The van der Waals surface area contributed by atoms with Gasteiger partial charge >= 0.3 is 10.4 Å². The molecule has 3 rings (SSSR count). The number of rotatable bonds is 13. The highest BCUT2D eigenvalue weighted by Gasteiger charge is 2.17. The summed E-state index contributed by atoms with van der Waals surface area (Å²) in [5, 5.41) is 33.8. The molecule has 2 aromatic carbocycles. The van der Waals surface area contributed by atoms with Crippen molar-refractivity contribution in [2.45, 2.75) is 9.79 Å². The standard InChI is InChI=1S/C18H16ClN9O9S3/c19-16-24-17(22-9-20)26-18(25-16)23-13-7-12(21)15(38-37-36-29)8-14(13)28-27-10-1-3-11(4-2-10)39(30,31)6-5-35-40(32,33)34/h1-4,7-8,29H,5-6,21H2,(H,32,33,34)(H2,22,23,24,25,26). The van der Waals surface area contributed by atoms with E-state index < -0.39 is 32.6 Å². The van der Waals surface area contributed by atoms with Crippen LogP contribution in [0.5, 0.6) is 0 Å². The first-order chi connectivity index (χ1) is 18.9. The molecule has 0 amide bonds. The highest BCUT2D eigenvalue weighted by atomic mass is 35.5. The maximum atomic E-state index is 12.4. The van der Waals surface area contributed by atoms with Crippen LogP contribution >= 0.6 is 23.6 Å². The summed E-state index contributed by atoms with van der Waals surface area (Å²) < 4.78 is 63.0. The van der Waals surface area contributed by atoms with Crippen molar-refractivity contribution in [3.8, 4) is 6.19 Å².